The van der Waals surface area contributed by atoms with E-state index >= 15 is 0 Å². The molecule has 0 saturated heterocycles. The van der Waals surface area contributed by atoms with Crippen LogP contribution in [0.15, 0.2) is 23.6 Å². The predicted octanol–water partition coefficient (Wildman–Crippen LogP) is 2.48. The fourth-order valence-electron chi connectivity index (χ4n) is 1.96. The van der Waals surface area contributed by atoms with Gasteiger partial charge >= 0.3 is 5.97 Å². The lowest BCUT2D eigenvalue weighted by molar-refractivity contribution is 0.0696. The van der Waals surface area contributed by atoms with Gasteiger partial charge < -0.3 is 15.2 Å². The number of nitrogens with one attached hydrogen (secondary N) is 1. The van der Waals surface area contributed by atoms with Crippen LogP contribution in [0.5, 0.6) is 0 Å². The number of hydrogen-bond donors (Lipinski definition) is 2. The molecule has 3 rings (SSSR count). The summed E-state index contributed by atoms with van der Waals surface area (Å²) in [5, 5.41) is 13.9. The number of rotatable bonds is 4. The summed E-state index contributed by atoms with van der Waals surface area (Å²) in [6.45, 7) is 1.86. The topological polar surface area (TPSA) is 71.5 Å². The lowest BCUT2D eigenvalue weighted by atomic mass is 10.1. The van der Waals surface area contributed by atoms with Gasteiger partial charge in [0, 0.05) is 11.1 Å². The normalized spacial score (nSPS) is 13.3. The molecule has 1 aliphatic rings. The fourth-order valence-corrected chi connectivity index (χ4v) is 2.62. The van der Waals surface area contributed by atoms with Gasteiger partial charge in [-0.3, -0.25) is 0 Å². The zero-order valence-corrected chi connectivity index (χ0v) is 10.9. The van der Waals surface area contributed by atoms with E-state index < -0.39 is 5.97 Å². The van der Waals surface area contributed by atoms with Crippen molar-refractivity contribution in [3.05, 3.63) is 45.4 Å². The average Bonchev–Trinajstić information content (AvgIpc) is 3.04. The van der Waals surface area contributed by atoms with Crippen molar-refractivity contribution >= 4 is 23.0 Å². The van der Waals surface area contributed by atoms with Crippen LogP contribution in [0.2, 0.25) is 0 Å². The van der Waals surface area contributed by atoms with Crippen LogP contribution in [0.4, 0.5) is 5.69 Å². The van der Waals surface area contributed by atoms with Crippen LogP contribution in [-0.4, -0.2) is 16.1 Å². The molecule has 6 heteroatoms. The summed E-state index contributed by atoms with van der Waals surface area (Å²) in [4.78, 5) is 14.8. The molecule has 2 aromatic rings. The number of thiazole rings is 1. The van der Waals surface area contributed by atoms with E-state index in [0.29, 0.717) is 19.8 Å². The quantitative estimate of drug-likeness (QED) is 0.897. The zero-order chi connectivity index (χ0) is 13.2. The van der Waals surface area contributed by atoms with Gasteiger partial charge in [-0.05, 0) is 23.3 Å². The number of aromatic carboxylic acids is 1. The molecule has 2 heterocycles. The third kappa shape index (κ3) is 2.59. The minimum Gasteiger partial charge on any atom is -0.476 e. The second-order valence-corrected chi connectivity index (χ2v) is 5.14. The molecule has 0 atom stereocenters. The van der Waals surface area contributed by atoms with Gasteiger partial charge in [-0.2, -0.15) is 0 Å². The molecule has 0 radical (unpaired) electrons. The Morgan fingerprint density at radius 3 is 3.05 bits per heavy atom. The molecule has 2 N–H and O–H groups in total. The smallest absolute Gasteiger partial charge is 0.365 e. The molecular weight excluding hydrogens is 264 g/mol. The van der Waals surface area contributed by atoms with Crippen molar-refractivity contribution in [3.8, 4) is 0 Å². The Balaban J connectivity index is 1.67. The summed E-state index contributed by atoms with van der Waals surface area (Å²) in [5.74, 6) is -0.981. The lowest BCUT2D eigenvalue weighted by Crippen LogP contribution is -2.02. The molecule has 0 fully saturated rings. The van der Waals surface area contributed by atoms with E-state index in [1.807, 2.05) is 12.1 Å². The highest BCUT2D eigenvalue weighted by Gasteiger charge is 2.12. The van der Waals surface area contributed by atoms with Crippen LogP contribution in [0, 0.1) is 0 Å². The van der Waals surface area contributed by atoms with E-state index in [9.17, 15) is 4.79 Å². The third-order valence-electron chi connectivity index (χ3n) is 2.93. The Bertz CT molecular complexity index is 624. The second-order valence-electron chi connectivity index (χ2n) is 4.28. The van der Waals surface area contributed by atoms with Crippen LogP contribution in [0.1, 0.15) is 26.6 Å². The van der Waals surface area contributed by atoms with Crippen molar-refractivity contribution in [1.82, 2.24) is 4.98 Å². The van der Waals surface area contributed by atoms with Crippen molar-refractivity contribution in [2.24, 2.45) is 0 Å². The van der Waals surface area contributed by atoms with Gasteiger partial charge in [-0.1, -0.05) is 6.07 Å². The summed E-state index contributed by atoms with van der Waals surface area (Å²) < 4.78 is 5.36. The van der Waals surface area contributed by atoms with Gasteiger partial charge in [0.1, 0.15) is 0 Å². The molecule has 0 saturated carbocycles. The maximum atomic E-state index is 10.7. The van der Waals surface area contributed by atoms with Crippen molar-refractivity contribution in [3.63, 3.8) is 0 Å². The first kappa shape index (κ1) is 12.1. The molecule has 0 spiro atoms. The number of nitrogens with zero attached hydrogens (tertiary/aromatic N) is 1. The molecule has 19 heavy (non-hydrogen) atoms. The van der Waals surface area contributed by atoms with Crippen molar-refractivity contribution in [2.45, 2.75) is 19.8 Å². The largest absolute Gasteiger partial charge is 0.476 e. The van der Waals surface area contributed by atoms with Gasteiger partial charge in [0.25, 0.3) is 0 Å². The number of hydrogen-bond acceptors (Lipinski definition) is 5. The number of carboxylic acids is 1. The third-order valence-corrected chi connectivity index (χ3v) is 3.81. The van der Waals surface area contributed by atoms with Gasteiger partial charge in [-0.15, -0.1) is 11.3 Å². The van der Waals surface area contributed by atoms with Crippen LogP contribution in [-0.2, 0) is 24.5 Å². The highest BCUT2D eigenvalue weighted by molar-refractivity contribution is 7.11. The molecule has 1 aromatic carbocycles. The van der Waals surface area contributed by atoms with E-state index in [1.54, 1.807) is 5.38 Å². The average molecular weight is 276 g/mol. The van der Waals surface area contributed by atoms with Gasteiger partial charge in [0.15, 0.2) is 0 Å². The Morgan fingerprint density at radius 2 is 2.26 bits per heavy atom. The minimum absolute atomic E-state index is 0.124. The Morgan fingerprint density at radius 1 is 1.42 bits per heavy atom. The summed E-state index contributed by atoms with van der Waals surface area (Å²) >= 11 is 1.14. The number of benzene rings is 1. The number of anilines is 1. The molecule has 0 aliphatic carbocycles. The van der Waals surface area contributed by atoms with Crippen LogP contribution in [0.25, 0.3) is 0 Å². The lowest BCUT2D eigenvalue weighted by Gasteiger charge is -2.06. The first-order valence-corrected chi connectivity index (χ1v) is 6.71. The first-order valence-electron chi connectivity index (χ1n) is 5.83. The highest BCUT2D eigenvalue weighted by Crippen LogP contribution is 2.23. The molecule has 98 valence electrons. The number of fused-ring (bicyclic) bond motifs is 1. The highest BCUT2D eigenvalue weighted by atomic mass is 32.1. The van der Waals surface area contributed by atoms with E-state index in [-0.39, 0.29) is 5.01 Å². The summed E-state index contributed by atoms with van der Waals surface area (Å²) in [5.41, 5.74) is 4.16. The number of carboxylic acid groups (broad SMARTS) is 1. The van der Waals surface area contributed by atoms with Gasteiger partial charge in [0.05, 0.1) is 25.5 Å². The Labute approximate surface area is 113 Å². The molecule has 1 aliphatic heterocycles. The standard InChI is InChI=1S/C13H12N2O3S/c16-13(17)12-15-11(7-19-12)4-14-10-2-1-8-5-18-6-9(8)3-10/h1-3,7,14H,4-6H2,(H,16,17). The second kappa shape index (κ2) is 4.99. The van der Waals surface area contributed by atoms with Crippen molar-refractivity contribution < 1.29 is 14.6 Å². The molecular formula is C13H12N2O3S. The molecule has 0 bridgehead atoms. The SMILES string of the molecule is O=C(O)c1nc(CNc2ccc3c(c2)COC3)cs1. The monoisotopic (exact) mass is 276 g/mol. The molecule has 0 unspecified atom stereocenters. The van der Waals surface area contributed by atoms with Gasteiger partial charge in [-0.25, -0.2) is 9.78 Å². The molecule has 5 nitrogen and oxygen atoms in total. The van der Waals surface area contributed by atoms with E-state index in [0.717, 1.165) is 22.7 Å². The summed E-state index contributed by atoms with van der Waals surface area (Å²) in [6, 6.07) is 6.11. The summed E-state index contributed by atoms with van der Waals surface area (Å²) in [6.07, 6.45) is 0. The minimum atomic E-state index is -0.981. The maximum Gasteiger partial charge on any atom is 0.365 e. The Kier molecular flexibility index (Phi) is 3.18. The predicted molar refractivity (Wildman–Crippen MR) is 71.3 cm³/mol. The molecule has 1 aromatic heterocycles. The number of aromatic nitrogens is 1. The first-order chi connectivity index (χ1) is 9.22. The maximum absolute atomic E-state index is 10.7. The van der Waals surface area contributed by atoms with Crippen molar-refractivity contribution in [2.75, 3.05) is 5.32 Å². The fraction of sp³-hybridized carbons (Fsp3) is 0.231. The summed E-state index contributed by atoms with van der Waals surface area (Å²) in [7, 11) is 0. The van der Waals surface area contributed by atoms with Crippen LogP contribution < -0.4 is 5.32 Å². The zero-order valence-electron chi connectivity index (χ0n) is 10.0. The number of ether oxygens (including phenoxy) is 1. The van der Waals surface area contributed by atoms with Crippen LogP contribution >= 0.6 is 11.3 Å². The molecule has 0 amide bonds. The van der Waals surface area contributed by atoms with E-state index in [2.05, 4.69) is 16.4 Å². The van der Waals surface area contributed by atoms with Crippen molar-refractivity contribution in [1.29, 1.82) is 0 Å². The van der Waals surface area contributed by atoms with E-state index in [4.69, 9.17) is 9.84 Å². The Hall–Kier alpha value is -1.92. The number of carbonyl (C=O) groups is 1. The van der Waals surface area contributed by atoms with Crippen LogP contribution in [0.3, 0.4) is 0 Å². The van der Waals surface area contributed by atoms with Gasteiger partial charge in [0.2, 0.25) is 5.01 Å². The van der Waals surface area contributed by atoms with E-state index in [1.165, 1.54) is 11.1 Å².